The minimum absolute atomic E-state index is 0.00451. The number of carbonyl (C=O) groups is 4. The molecule has 0 fully saturated rings. The van der Waals surface area contributed by atoms with Crippen LogP contribution in [0.4, 0.5) is 0 Å². The molecule has 0 aromatic heterocycles. The van der Waals surface area contributed by atoms with Gasteiger partial charge >= 0.3 is 5.97 Å². The number of carbonyl (C=O) groups excluding carboxylic acids is 3. The molecule has 3 amide bonds. The molecule has 0 aliphatic rings. The number of phenolic OH excluding ortho intramolecular Hbond substituents is 2. The van der Waals surface area contributed by atoms with E-state index in [-0.39, 0.29) is 24.3 Å². The predicted octanol–water partition coefficient (Wildman–Crippen LogP) is 0.425. The van der Waals surface area contributed by atoms with Gasteiger partial charge in [0.15, 0.2) is 0 Å². The van der Waals surface area contributed by atoms with E-state index in [0.29, 0.717) is 11.1 Å². The Hall–Kier alpha value is -4.12. The van der Waals surface area contributed by atoms with E-state index in [9.17, 15) is 34.5 Å². The van der Waals surface area contributed by atoms with E-state index >= 15 is 0 Å². The van der Waals surface area contributed by atoms with Crippen molar-refractivity contribution in [2.45, 2.75) is 57.8 Å². The Morgan fingerprint density at radius 2 is 1.08 bits per heavy atom. The van der Waals surface area contributed by atoms with Crippen LogP contribution in [0.3, 0.4) is 0 Å². The maximum Gasteiger partial charge on any atom is 0.326 e. The third kappa shape index (κ3) is 9.12. The van der Waals surface area contributed by atoms with Crippen LogP contribution >= 0.6 is 0 Å². The summed E-state index contributed by atoms with van der Waals surface area (Å²) in [6.45, 7) is 4.75. The lowest BCUT2D eigenvalue weighted by Gasteiger charge is -2.26. The number of rotatable bonds is 12. The average Bonchev–Trinajstić information content (AvgIpc) is 2.83. The van der Waals surface area contributed by atoms with Crippen molar-refractivity contribution >= 4 is 23.7 Å². The number of aromatic hydroxyl groups is 2. The molecule has 0 saturated heterocycles. The summed E-state index contributed by atoms with van der Waals surface area (Å²) in [5.41, 5.74) is 6.89. The third-order valence-electron chi connectivity index (χ3n) is 5.66. The van der Waals surface area contributed by atoms with E-state index in [2.05, 4.69) is 16.0 Å². The van der Waals surface area contributed by atoms with Gasteiger partial charge < -0.3 is 37.0 Å². The normalized spacial score (nSPS) is 14.2. The molecule has 0 aliphatic carbocycles. The van der Waals surface area contributed by atoms with Gasteiger partial charge in [-0.3, -0.25) is 14.4 Å². The first-order valence-corrected chi connectivity index (χ1v) is 11.8. The maximum absolute atomic E-state index is 13.3. The topological polar surface area (TPSA) is 191 Å². The van der Waals surface area contributed by atoms with Crippen molar-refractivity contribution < 1.29 is 34.5 Å². The van der Waals surface area contributed by atoms with Crippen LogP contribution in [0.25, 0.3) is 0 Å². The summed E-state index contributed by atoms with van der Waals surface area (Å²) in [6, 6.07) is 7.69. The van der Waals surface area contributed by atoms with E-state index in [1.54, 1.807) is 38.1 Å². The fourth-order valence-corrected chi connectivity index (χ4v) is 3.50. The van der Waals surface area contributed by atoms with Gasteiger partial charge in [-0.1, -0.05) is 38.1 Å². The van der Waals surface area contributed by atoms with E-state index in [1.807, 2.05) is 0 Å². The molecular formula is C26H34N4O7. The molecular weight excluding hydrogens is 480 g/mol. The van der Waals surface area contributed by atoms with Crippen LogP contribution in [-0.2, 0) is 32.0 Å². The Kier molecular flexibility index (Phi) is 10.4. The van der Waals surface area contributed by atoms with E-state index in [0.717, 1.165) is 0 Å². The number of phenols is 2. The zero-order chi connectivity index (χ0) is 27.7. The van der Waals surface area contributed by atoms with Gasteiger partial charge in [-0.05, 0) is 48.2 Å². The summed E-state index contributed by atoms with van der Waals surface area (Å²) >= 11 is 0. The number of nitrogens with two attached hydrogens (primary N) is 1. The second-order valence-electron chi connectivity index (χ2n) is 9.22. The van der Waals surface area contributed by atoms with Gasteiger partial charge in [0.2, 0.25) is 17.7 Å². The lowest BCUT2D eigenvalue weighted by Crippen LogP contribution is -2.58. The molecule has 0 spiro atoms. The zero-order valence-corrected chi connectivity index (χ0v) is 21.0. The van der Waals surface area contributed by atoms with Crippen LogP contribution in [0, 0.1) is 5.92 Å². The number of hydrogen-bond acceptors (Lipinski definition) is 7. The van der Waals surface area contributed by atoms with Crippen molar-refractivity contribution in [1.82, 2.24) is 16.0 Å². The number of amides is 3. The van der Waals surface area contributed by atoms with Crippen molar-refractivity contribution in [3.63, 3.8) is 0 Å². The SMILES string of the molecule is CC(N)C(=O)NC(Cc1ccc(O)cc1)C(=O)NC(Cc1ccc(O)cc1)C(=O)NC(C(=O)O)C(C)C. The molecule has 0 aliphatic heterocycles. The van der Waals surface area contributed by atoms with Gasteiger partial charge in [0, 0.05) is 12.8 Å². The van der Waals surface area contributed by atoms with Gasteiger partial charge in [-0.15, -0.1) is 0 Å². The molecule has 2 aromatic rings. The van der Waals surface area contributed by atoms with Crippen molar-refractivity contribution in [2.75, 3.05) is 0 Å². The summed E-state index contributed by atoms with van der Waals surface area (Å²) < 4.78 is 0. The predicted molar refractivity (Wildman–Crippen MR) is 136 cm³/mol. The number of carboxylic acids is 1. The highest BCUT2D eigenvalue weighted by atomic mass is 16.4. The first kappa shape index (κ1) is 29.1. The van der Waals surface area contributed by atoms with Crippen molar-refractivity contribution in [1.29, 1.82) is 0 Å². The molecule has 11 nitrogen and oxygen atoms in total. The summed E-state index contributed by atoms with van der Waals surface area (Å²) in [5.74, 6) is -3.56. The monoisotopic (exact) mass is 514 g/mol. The second kappa shape index (κ2) is 13.3. The van der Waals surface area contributed by atoms with Crippen LogP contribution in [-0.4, -0.2) is 63.2 Å². The fraction of sp³-hybridized carbons (Fsp3) is 0.385. The van der Waals surface area contributed by atoms with Gasteiger partial charge in [0.05, 0.1) is 6.04 Å². The molecule has 200 valence electrons. The summed E-state index contributed by atoms with van der Waals surface area (Å²) in [5, 5.41) is 36.3. The maximum atomic E-state index is 13.3. The van der Waals surface area contributed by atoms with E-state index in [4.69, 9.17) is 5.73 Å². The highest BCUT2D eigenvalue weighted by Crippen LogP contribution is 2.14. The first-order chi connectivity index (χ1) is 17.4. The molecule has 37 heavy (non-hydrogen) atoms. The van der Waals surface area contributed by atoms with E-state index in [1.165, 1.54) is 31.2 Å². The number of hydrogen-bond donors (Lipinski definition) is 7. The second-order valence-corrected chi connectivity index (χ2v) is 9.22. The van der Waals surface area contributed by atoms with Gasteiger partial charge in [0.25, 0.3) is 0 Å². The van der Waals surface area contributed by atoms with Crippen LogP contribution in [0.5, 0.6) is 11.5 Å². The molecule has 11 heteroatoms. The minimum Gasteiger partial charge on any atom is -0.508 e. The molecule has 2 rings (SSSR count). The van der Waals surface area contributed by atoms with Crippen LogP contribution in [0.15, 0.2) is 48.5 Å². The van der Waals surface area contributed by atoms with Crippen LogP contribution in [0.1, 0.15) is 31.9 Å². The van der Waals surface area contributed by atoms with Crippen LogP contribution < -0.4 is 21.7 Å². The molecule has 2 aromatic carbocycles. The van der Waals surface area contributed by atoms with Crippen molar-refractivity contribution in [2.24, 2.45) is 11.7 Å². The van der Waals surface area contributed by atoms with Crippen molar-refractivity contribution in [3.05, 3.63) is 59.7 Å². The molecule has 0 saturated carbocycles. The molecule has 0 radical (unpaired) electrons. The third-order valence-corrected chi connectivity index (χ3v) is 5.66. The molecule has 4 atom stereocenters. The van der Waals surface area contributed by atoms with Gasteiger partial charge in [-0.2, -0.15) is 0 Å². The number of aliphatic carboxylic acids is 1. The average molecular weight is 515 g/mol. The van der Waals surface area contributed by atoms with Gasteiger partial charge in [-0.25, -0.2) is 4.79 Å². The highest BCUT2D eigenvalue weighted by molar-refractivity contribution is 5.94. The molecule has 0 heterocycles. The summed E-state index contributed by atoms with van der Waals surface area (Å²) in [4.78, 5) is 50.4. The number of nitrogens with one attached hydrogen (secondary N) is 3. The Balaban J connectivity index is 2.32. The Labute approximate surface area is 215 Å². The number of carboxylic acid groups (broad SMARTS) is 1. The fourth-order valence-electron chi connectivity index (χ4n) is 3.50. The first-order valence-electron chi connectivity index (χ1n) is 11.8. The lowest BCUT2D eigenvalue weighted by molar-refractivity contribution is -0.143. The Morgan fingerprint density at radius 3 is 1.43 bits per heavy atom. The highest BCUT2D eigenvalue weighted by Gasteiger charge is 2.31. The molecule has 8 N–H and O–H groups in total. The molecule has 4 unspecified atom stereocenters. The minimum atomic E-state index is -1.22. The Morgan fingerprint density at radius 1 is 0.703 bits per heavy atom. The standard InChI is InChI=1S/C26H34N4O7/c1-14(2)22(26(36)37)30-25(35)21(13-17-6-10-19(32)11-7-17)29-24(34)20(28-23(33)15(3)27)12-16-4-8-18(31)9-5-16/h4-11,14-15,20-22,31-32H,12-13,27H2,1-3H3,(H,28,33)(H,29,34)(H,30,35)(H,36,37). The smallest absolute Gasteiger partial charge is 0.326 e. The Bertz CT molecular complexity index is 1090. The quantitative estimate of drug-likeness (QED) is 0.212. The van der Waals surface area contributed by atoms with E-state index < -0.39 is 53.8 Å². The van der Waals surface area contributed by atoms with Crippen molar-refractivity contribution in [3.8, 4) is 11.5 Å². The molecule has 0 bridgehead atoms. The van der Waals surface area contributed by atoms with Crippen LogP contribution in [0.2, 0.25) is 0 Å². The largest absolute Gasteiger partial charge is 0.508 e. The number of benzene rings is 2. The zero-order valence-electron chi connectivity index (χ0n) is 21.0. The lowest BCUT2D eigenvalue weighted by atomic mass is 10.0. The summed E-state index contributed by atoms with van der Waals surface area (Å²) in [7, 11) is 0. The van der Waals surface area contributed by atoms with Gasteiger partial charge in [0.1, 0.15) is 29.6 Å². The summed E-state index contributed by atoms with van der Waals surface area (Å²) in [6.07, 6.45) is 0.0390.